The Morgan fingerprint density at radius 1 is 1.28 bits per heavy atom. The number of nitrogens with two attached hydrogens (primary N) is 1. The second kappa shape index (κ2) is 18.5. The van der Waals surface area contributed by atoms with Crippen LogP contribution >= 0.6 is 7.82 Å². The molecule has 5 unspecified atom stereocenters. The lowest BCUT2D eigenvalue weighted by Crippen LogP contribution is -2.65. The number of aldehydes is 1. The van der Waals surface area contributed by atoms with Gasteiger partial charge in [-0.15, -0.1) is 0 Å². The highest BCUT2D eigenvalue weighted by molar-refractivity contribution is 7.47. The molecule has 0 radical (unpaired) electrons. The molecule has 0 aliphatic carbocycles. The lowest BCUT2D eigenvalue weighted by molar-refractivity contribution is -0.273. The van der Waals surface area contributed by atoms with E-state index in [1.165, 1.54) is 13.2 Å². The third-order valence-electron chi connectivity index (χ3n) is 7.57. The number of rotatable bonds is 20. The van der Waals surface area contributed by atoms with E-state index in [-0.39, 0.29) is 37.4 Å². The molecule has 0 bridgehead atoms. The number of carbonyl (C=O) groups excluding carboxylic acids is 2. The van der Waals surface area contributed by atoms with Crippen LogP contribution in [0.25, 0.3) is 0 Å². The molecule has 1 amide bonds. The number of phosphoric ester groups is 1. The van der Waals surface area contributed by atoms with Crippen LogP contribution in [0.1, 0.15) is 19.1 Å². The Balaban J connectivity index is 1.67. The summed E-state index contributed by atoms with van der Waals surface area (Å²) in [5.41, 5.74) is 4.52. The number of ether oxygens (including phenoxy) is 4. The molecule has 2 aliphatic heterocycles. The van der Waals surface area contributed by atoms with Crippen LogP contribution in [-0.4, -0.2) is 159 Å². The summed E-state index contributed by atoms with van der Waals surface area (Å²) >= 11 is 0. The molecule has 3 rings (SSSR count). The van der Waals surface area contributed by atoms with Gasteiger partial charge in [0.1, 0.15) is 42.4 Å². The van der Waals surface area contributed by atoms with Crippen molar-refractivity contribution in [2.75, 3.05) is 52.4 Å². The predicted molar refractivity (Wildman–Crippen MR) is 165 cm³/mol. The second-order valence-corrected chi connectivity index (χ2v) is 12.8. The lowest BCUT2D eigenvalue weighted by Gasteiger charge is -2.46. The Bertz CT molecular complexity index is 1400. The first-order valence-corrected chi connectivity index (χ1v) is 16.7. The number of anilines is 1. The van der Waals surface area contributed by atoms with Gasteiger partial charge in [-0.1, -0.05) is 6.58 Å². The first-order valence-electron chi connectivity index (χ1n) is 15.2. The molecule has 23 heteroatoms. The van der Waals surface area contributed by atoms with E-state index in [1.807, 2.05) is 0 Å². The van der Waals surface area contributed by atoms with Crippen LogP contribution in [0.15, 0.2) is 29.3 Å². The minimum absolute atomic E-state index is 0.00514. The molecule has 22 nitrogen and oxygen atoms in total. The molecular weight excluding hydrogens is 697 g/mol. The average molecular weight is 742 g/mol. The molecule has 1 aromatic rings. The Kier molecular flexibility index (Phi) is 15.4. The number of carbonyl (C=O) groups is 2. The number of aromatic nitrogens is 2. The van der Waals surface area contributed by atoms with Crippen LogP contribution in [-0.2, 0) is 42.1 Å². The fourth-order valence-corrected chi connectivity index (χ4v) is 6.03. The van der Waals surface area contributed by atoms with Crippen LogP contribution in [0, 0.1) is 0 Å². The Morgan fingerprint density at radius 2 is 2.00 bits per heavy atom. The molecule has 0 saturated carbocycles. The van der Waals surface area contributed by atoms with E-state index >= 15 is 0 Å². The standard InChI is InChI=1S/C27H44N5O17P/c1-14(9-19(37)29-4-6-45-8-7-44-2)30-20-15(35)10-27(13-34,48-24(20)21(38)16(36)11-33)49-50(42,43)46-12-17-22(39)23(40)25(47-17)32-5-3-18(28)31-26(32)41/h3,5,13,15-17,20-25,30,33,35-36,38-40H,1,4,6-12H2,2H3,(H,29,37)(H,42,43)(H2,28,31,41)/t15?,16-,17?,20-,21-,22-,23-,24?,25?,27-/m1/s1. The Morgan fingerprint density at radius 3 is 2.64 bits per heavy atom. The highest BCUT2D eigenvalue weighted by Crippen LogP contribution is 2.50. The van der Waals surface area contributed by atoms with Crippen molar-refractivity contribution in [2.45, 2.75) is 73.6 Å². The number of nitrogen functional groups attached to an aromatic ring is 1. The smallest absolute Gasteiger partial charge is 0.394 e. The van der Waals surface area contributed by atoms with E-state index in [9.17, 15) is 54.5 Å². The maximum Gasteiger partial charge on any atom is 0.475 e. The first kappa shape index (κ1) is 41.5. The van der Waals surface area contributed by atoms with Gasteiger partial charge in [-0.3, -0.25) is 18.7 Å². The largest absolute Gasteiger partial charge is 0.475 e. The van der Waals surface area contributed by atoms with Crippen molar-refractivity contribution >= 4 is 25.8 Å². The Labute approximate surface area is 284 Å². The van der Waals surface area contributed by atoms with Gasteiger partial charge < -0.3 is 70.8 Å². The predicted octanol–water partition coefficient (Wildman–Crippen LogP) is -5.02. The van der Waals surface area contributed by atoms with Gasteiger partial charge in [0, 0.05) is 32.0 Å². The van der Waals surface area contributed by atoms with Gasteiger partial charge in [0.05, 0.1) is 51.6 Å². The molecule has 0 spiro atoms. The summed E-state index contributed by atoms with van der Waals surface area (Å²) in [5, 5.41) is 67.5. The number of hydrogen-bond acceptors (Lipinski definition) is 19. The van der Waals surface area contributed by atoms with Crippen LogP contribution < -0.4 is 22.1 Å². The molecule has 2 aliphatic rings. The molecule has 2 fully saturated rings. The lowest BCUT2D eigenvalue weighted by atomic mass is 9.89. The zero-order valence-electron chi connectivity index (χ0n) is 26.9. The van der Waals surface area contributed by atoms with E-state index in [2.05, 4.69) is 22.2 Å². The topological polar surface area (TPSA) is 333 Å². The SMILES string of the molecule is C=C(CC(=O)NCCOCCOC)N[C@@H]1C(O)C[C@](C=O)(OP(=O)(O)OCC2OC(n3ccc(N)nc3=O)[C@H](O)[C@@H]2O)OC1[C@H](O)[C@H](O)CO. The van der Waals surface area contributed by atoms with E-state index in [0.29, 0.717) is 13.2 Å². The third kappa shape index (κ3) is 11.0. The summed E-state index contributed by atoms with van der Waals surface area (Å²) in [7, 11) is -3.88. The monoisotopic (exact) mass is 741 g/mol. The van der Waals surface area contributed by atoms with Crippen molar-refractivity contribution in [1.82, 2.24) is 20.2 Å². The zero-order valence-corrected chi connectivity index (χ0v) is 27.8. The number of methoxy groups -OCH3 is 1. The maximum atomic E-state index is 13.0. The number of phosphoric acid groups is 1. The summed E-state index contributed by atoms with van der Waals surface area (Å²) in [4.78, 5) is 50.8. The molecule has 3 heterocycles. The van der Waals surface area contributed by atoms with Crippen LogP contribution in [0.3, 0.4) is 0 Å². The van der Waals surface area contributed by atoms with Crippen molar-refractivity contribution < 1.29 is 77.7 Å². The second-order valence-electron chi connectivity index (χ2n) is 11.4. The third-order valence-corrected chi connectivity index (χ3v) is 8.59. The van der Waals surface area contributed by atoms with Crippen LogP contribution in [0.4, 0.5) is 5.82 Å². The first-order chi connectivity index (χ1) is 23.6. The highest BCUT2D eigenvalue weighted by atomic mass is 31.2. The van der Waals surface area contributed by atoms with Crippen molar-refractivity contribution in [3.63, 3.8) is 0 Å². The van der Waals surface area contributed by atoms with E-state index in [1.54, 1.807) is 0 Å². The molecule has 0 aromatic carbocycles. The van der Waals surface area contributed by atoms with Gasteiger partial charge in [-0.05, 0) is 6.07 Å². The van der Waals surface area contributed by atoms with Gasteiger partial charge in [-0.2, -0.15) is 4.98 Å². The molecule has 11 atom stereocenters. The van der Waals surface area contributed by atoms with Crippen molar-refractivity contribution in [3.05, 3.63) is 35.0 Å². The number of aliphatic hydroxyl groups is 6. The van der Waals surface area contributed by atoms with Gasteiger partial charge in [0.25, 0.3) is 0 Å². The molecule has 2 saturated heterocycles. The fraction of sp³-hybridized carbons (Fsp3) is 0.704. The number of amides is 1. The van der Waals surface area contributed by atoms with Crippen LogP contribution in [0.2, 0.25) is 0 Å². The average Bonchev–Trinajstić information content (AvgIpc) is 3.34. The van der Waals surface area contributed by atoms with Crippen molar-refractivity contribution in [1.29, 1.82) is 0 Å². The maximum absolute atomic E-state index is 13.0. The summed E-state index contributed by atoms with van der Waals surface area (Å²) < 4.78 is 44.8. The van der Waals surface area contributed by atoms with Gasteiger partial charge in [0.2, 0.25) is 11.7 Å². The summed E-state index contributed by atoms with van der Waals surface area (Å²) in [6.45, 7) is 2.80. The number of aliphatic hydroxyl groups excluding tert-OH is 6. The number of nitrogens with one attached hydrogen (secondary N) is 2. The van der Waals surface area contributed by atoms with Crippen molar-refractivity contribution in [2.24, 2.45) is 0 Å². The van der Waals surface area contributed by atoms with Crippen molar-refractivity contribution in [3.8, 4) is 0 Å². The summed E-state index contributed by atoms with van der Waals surface area (Å²) in [6, 6.07) is -0.201. The summed E-state index contributed by atoms with van der Waals surface area (Å²) in [6.07, 6.45) is -14.2. The highest BCUT2D eigenvalue weighted by Gasteiger charge is 2.55. The van der Waals surface area contributed by atoms with Gasteiger partial charge >= 0.3 is 13.5 Å². The quantitative estimate of drug-likeness (QED) is 0.0340. The Hall–Kier alpha value is -2.93. The number of nitrogens with zero attached hydrogens (tertiary/aromatic N) is 2. The van der Waals surface area contributed by atoms with E-state index in [0.717, 1.165) is 10.8 Å². The minimum Gasteiger partial charge on any atom is -0.394 e. The van der Waals surface area contributed by atoms with Gasteiger partial charge in [-0.25, -0.2) is 13.9 Å². The zero-order chi connectivity index (χ0) is 37.2. The molecule has 11 N–H and O–H groups in total. The molecular formula is C27H44N5O17P. The number of hydrogen-bond donors (Lipinski definition) is 10. The summed E-state index contributed by atoms with van der Waals surface area (Å²) in [5.74, 6) is -3.43. The fourth-order valence-electron chi connectivity index (χ4n) is 5.09. The normalized spacial score (nSPS) is 30.6. The molecule has 284 valence electrons. The molecule has 1 aromatic heterocycles. The van der Waals surface area contributed by atoms with E-state index < -0.39 is 99.8 Å². The van der Waals surface area contributed by atoms with Crippen LogP contribution in [0.5, 0.6) is 0 Å². The van der Waals surface area contributed by atoms with E-state index in [4.69, 9.17) is 33.7 Å². The van der Waals surface area contributed by atoms with Gasteiger partial charge in [0.15, 0.2) is 12.5 Å². The minimum atomic E-state index is -5.39. The molecule has 50 heavy (non-hydrogen) atoms.